The summed E-state index contributed by atoms with van der Waals surface area (Å²) < 4.78 is 0. The van der Waals surface area contributed by atoms with Crippen molar-refractivity contribution in [2.45, 2.75) is 13.1 Å². The predicted octanol–water partition coefficient (Wildman–Crippen LogP) is 5.12. The quantitative estimate of drug-likeness (QED) is 0.259. The molecule has 1 amide bonds. The van der Waals surface area contributed by atoms with Crippen molar-refractivity contribution in [3.05, 3.63) is 112 Å². The average molecular weight is 469 g/mol. The second kappa shape index (κ2) is 10.6. The highest BCUT2D eigenvalue weighted by Crippen LogP contribution is 2.22. The molecule has 0 unspecified atom stereocenters. The number of hydrogen-bond acceptors (Lipinski definition) is 5. The van der Waals surface area contributed by atoms with E-state index < -0.39 is 5.91 Å². The molecule has 0 aliphatic carbocycles. The van der Waals surface area contributed by atoms with E-state index in [4.69, 9.17) is 16.9 Å². The summed E-state index contributed by atoms with van der Waals surface area (Å²) in [5.74, 6) is -0.642. The second-order valence-electron chi connectivity index (χ2n) is 7.63. The molecule has 0 aliphatic rings. The van der Waals surface area contributed by atoms with E-state index in [-0.39, 0.29) is 16.9 Å². The Bertz CT molecular complexity index is 1410. The minimum Gasteiger partial charge on any atom is -0.507 e. The van der Waals surface area contributed by atoms with Gasteiger partial charge in [-0.3, -0.25) is 4.79 Å². The van der Waals surface area contributed by atoms with Crippen LogP contribution < -0.4 is 10.7 Å². The number of fused-ring (bicyclic) bond motifs is 1. The highest BCUT2D eigenvalue weighted by atomic mass is 35.5. The monoisotopic (exact) mass is 468 g/mol. The van der Waals surface area contributed by atoms with Crippen molar-refractivity contribution in [2.24, 2.45) is 5.10 Å². The van der Waals surface area contributed by atoms with E-state index in [1.54, 1.807) is 6.21 Å². The molecule has 4 rings (SSSR count). The van der Waals surface area contributed by atoms with Crippen LogP contribution in [0.1, 0.15) is 32.6 Å². The largest absolute Gasteiger partial charge is 0.507 e. The van der Waals surface area contributed by atoms with E-state index in [1.165, 1.54) is 18.2 Å². The van der Waals surface area contributed by atoms with E-state index in [1.807, 2.05) is 54.6 Å². The van der Waals surface area contributed by atoms with Gasteiger partial charge in [-0.1, -0.05) is 60.1 Å². The predicted molar refractivity (Wildman–Crippen MR) is 134 cm³/mol. The van der Waals surface area contributed by atoms with Gasteiger partial charge in [0, 0.05) is 29.2 Å². The van der Waals surface area contributed by atoms with Crippen LogP contribution in [0.2, 0.25) is 5.02 Å². The van der Waals surface area contributed by atoms with Gasteiger partial charge in [-0.2, -0.15) is 10.4 Å². The Morgan fingerprint density at radius 1 is 1.00 bits per heavy atom. The number of carbonyl (C=O) groups is 1. The first kappa shape index (κ1) is 23.0. The molecular weight excluding hydrogens is 448 g/mol. The summed E-state index contributed by atoms with van der Waals surface area (Å²) in [6.45, 7) is 1.42. The highest BCUT2D eigenvalue weighted by molar-refractivity contribution is 6.30. The van der Waals surface area contributed by atoms with Crippen LogP contribution in [-0.4, -0.2) is 17.2 Å². The summed E-state index contributed by atoms with van der Waals surface area (Å²) in [7, 11) is 0. The van der Waals surface area contributed by atoms with Crippen LogP contribution in [-0.2, 0) is 13.1 Å². The minimum absolute atomic E-state index is 0.0304. The maximum atomic E-state index is 12.4. The molecule has 0 aliphatic heterocycles. The van der Waals surface area contributed by atoms with E-state index in [2.05, 4.69) is 28.0 Å². The van der Waals surface area contributed by atoms with Crippen molar-refractivity contribution < 1.29 is 9.90 Å². The molecule has 0 aromatic heterocycles. The number of nitrogens with one attached hydrogen (secondary N) is 2. The van der Waals surface area contributed by atoms with E-state index in [9.17, 15) is 9.90 Å². The Morgan fingerprint density at radius 3 is 2.56 bits per heavy atom. The molecule has 0 spiro atoms. The van der Waals surface area contributed by atoms with Gasteiger partial charge in [0.1, 0.15) is 11.8 Å². The SMILES string of the molecule is N#Cc1cc(C(=O)N/N=C/c2cccc3c(CNCc4ccc(Cl)cc4)cccc23)ccc1O. The molecule has 0 radical (unpaired) electrons. The fourth-order valence-electron chi connectivity index (χ4n) is 3.60. The first-order valence-corrected chi connectivity index (χ1v) is 11.0. The van der Waals surface area contributed by atoms with Gasteiger partial charge in [0.25, 0.3) is 5.91 Å². The maximum Gasteiger partial charge on any atom is 0.271 e. The Labute approximate surface area is 202 Å². The fraction of sp³-hybridized carbons (Fsp3) is 0.0741. The van der Waals surface area contributed by atoms with Gasteiger partial charge < -0.3 is 10.4 Å². The van der Waals surface area contributed by atoms with Gasteiger partial charge in [0.15, 0.2) is 0 Å². The zero-order chi connectivity index (χ0) is 23.9. The van der Waals surface area contributed by atoms with Gasteiger partial charge >= 0.3 is 0 Å². The van der Waals surface area contributed by atoms with Crippen molar-refractivity contribution in [1.82, 2.24) is 10.7 Å². The summed E-state index contributed by atoms with van der Waals surface area (Å²) in [5.41, 5.74) is 5.91. The van der Waals surface area contributed by atoms with Crippen molar-refractivity contribution in [1.29, 1.82) is 5.26 Å². The molecule has 0 saturated heterocycles. The molecule has 34 heavy (non-hydrogen) atoms. The zero-order valence-electron chi connectivity index (χ0n) is 18.1. The molecule has 0 saturated carbocycles. The standard InChI is InChI=1S/C27H21ClN4O2/c28-23-10-7-18(8-11-23)15-30-16-20-3-1-6-25-21(4-2-5-24(20)25)17-31-32-27(34)19-9-12-26(33)22(13-19)14-29/h1-13,17,30,33H,15-16H2,(H,32,34)/b31-17+. The summed E-state index contributed by atoms with van der Waals surface area (Å²) in [6, 6.07) is 25.7. The van der Waals surface area contributed by atoms with Crippen molar-refractivity contribution in [2.75, 3.05) is 0 Å². The third-order valence-electron chi connectivity index (χ3n) is 5.35. The van der Waals surface area contributed by atoms with Crippen molar-refractivity contribution >= 4 is 34.5 Å². The van der Waals surface area contributed by atoms with Gasteiger partial charge in [-0.25, -0.2) is 5.43 Å². The molecule has 4 aromatic rings. The number of rotatable bonds is 7. The number of carbonyl (C=O) groups excluding carboxylic acids is 1. The number of hydrogen-bond donors (Lipinski definition) is 3. The zero-order valence-corrected chi connectivity index (χ0v) is 18.9. The average Bonchev–Trinajstić information content (AvgIpc) is 2.86. The molecule has 168 valence electrons. The third-order valence-corrected chi connectivity index (χ3v) is 5.60. The molecule has 0 heterocycles. The lowest BCUT2D eigenvalue weighted by Gasteiger charge is -2.10. The number of nitrogens with zero attached hydrogens (tertiary/aromatic N) is 2. The minimum atomic E-state index is -0.472. The van der Waals surface area contributed by atoms with Crippen LogP contribution in [0.5, 0.6) is 5.75 Å². The highest BCUT2D eigenvalue weighted by Gasteiger charge is 2.09. The Kier molecular flexibility index (Phi) is 7.19. The molecule has 6 nitrogen and oxygen atoms in total. The lowest BCUT2D eigenvalue weighted by atomic mass is 10.0. The number of aromatic hydroxyl groups is 1. The van der Waals surface area contributed by atoms with E-state index in [0.29, 0.717) is 6.54 Å². The number of phenols is 1. The molecule has 0 bridgehead atoms. The van der Waals surface area contributed by atoms with Crippen LogP contribution in [0.4, 0.5) is 0 Å². The second-order valence-corrected chi connectivity index (χ2v) is 8.07. The molecule has 0 fully saturated rings. The van der Waals surface area contributed by atoms with Gasteiger partial charge in [-0.15, -0.1) is 0 Å². The lowest BCUT2D eigenvalue weighted by molar-refractivity contribution is 0.0955. The fourth-order valence-corrected chi connectivity index (χ4v) is 3.73. The van der Waals surface area contributed by atoms with E-state index >= 15 is 0 Å². The summed E-state index contributed by atoms with van der Waals surface area (Å²) >= 11 is 5.95. The molecule has 0 atom stereocenters. The maximum absolute atomic E-state index is 12.4. The third kappa shape index (κ3) is 5.41. The summed E-state index contributed by atoms with van der Waals surface area (Å²) in [5, 5.41) is 29.0. The molecular formula is C27H21ClN4O2. The van der Waals surface area contributed by atoms with Crippen LogP contribution >= 0.6 is 11.6 Å². The Hall–Kier alpha value is -4.18. The van der Waals surface area contributed by atoms with Gasteiger partial charge in [0.2, 0.25) is 0 Å². The summed E-state index contributed by atoms with van der Waals surface area (Å²) in [4.78, 5) is 12.4. The first-order chi connectivity index (χ1) is 16.5. The molecule has 3 N–H and O–H groups in total. The van der Waals surface area contributed by atoms with Crippen LogP contribution in [0.25, 0.3) is 10.8 Å². The number of nitriles is 1. The van der Waals surface area contributed by atoms with Crippen molar-refractivity contribution in [3.63, 3.8) is 0 Å². The van der Waals surface area contributed by atoms with Gasteiger partial charge in [0.05, 0.1) is 11.8 Å². The van der Waals surface area contributed by atoms with E-state index in [0.717, 1.165) is 39.0 Å². The smallest absolute Gasteiger partial charge is 0.271 e. The first-order valence-electron chi connectivity index (χ1n) is 10.6. The normalized spacial score (nSPS) is 10.9. The number of hydrazone groups is 1. The number of benzene rings is 4. The summed E-state index contributed by atoms with van der Waals surface area (Å²) in [6.07, 6.45) is 1.59. The van der Waals surface area contributed by atoms with Gasteiger partial charge in [-0.05, 0) is 52.2 Å². The topological polar surface area (TPSA) is 97.5 Å². The Morgan fingerprint density at radius 2 is 1.76 bits per heavy atom. The lowest BCUT2D eigenvalue weighted by Crippen LogP contribution is -2.17. The van der Waals surface area contributed by atoms with Crippen LogP contribution in [0.3, 0.4) is 0 Å². The number of halogens is 1. The van der Waals surface area contributed by atoms with Crippen LogP contribution in [0.15, 0.2) is 84.0 Å². The number of phenolic OH excluding ortho intramolecular Hbond substituents is 1. The Balaban J connectivity index is 1.46. The van der Waals surface area contributed by atoms with Crippen LogP contribution in [0, 0.1) is 11.3 Å². The van der Waals surface area contributed by atoms with Crippen molar-refractivity contribution in [3.8, 4) is 11.8 Å². The number of amides is 1. The molecule has 7 heteroatoms. The molecule has 4 aromatic carbocycles.